The van der Waals surface area contributed by atoms with Crippen molar-refractivity contribution in [3.05, 3.63) is 47.5 Å². The number of hydrogen-bond donors (Lipinski definition) is 1. The maximum absolute atomic E-state index is 12.7. The first-order valence-electron chi connectivity index (χ1n) is 9.23. The van der Waals surface area contributed by atoms with Gasteiger partial charge in [-0.25, -0.2) is 13.4 Å². The van der Waals surface area contributed by atoms with Crippen molar-refractivity contribution >= 4 is 48.3 Å². The molecule has 1 aliphatic heterocycles. The smallest absolute Gasteiger partial charge is 0.257 e. The fraction of sp³-hybridized carbons (Fsp3) is 0.300. The zero-order valence-electron chi connectivity index (χ0n) is 16.3. The van der Waals surface area contributed by atoms with E-state index >= 15 is 0 Å². The van der Waals surface area contributed by atoms with Crippen molar-refractivity contribution in [1.29, 1.82) is 0 Å². The number of ether oxygens (including phenoxy) is 1. The highest BCUT2D eigenvalue weighted by atomic mass is 32.2. The number of carbonyl (C=O) groups is 1. The topological polar surface area (TPSA) is 88.6 Å². The monoisotopic (exact) mass is 431 g/mol. The molecule has 1 unspecified atom stereocenters. The van der Waals surface area contributed by atoms with E-state index in [0.29, 0.717) is 29.4 Å². The molecule has 4 rings (SSSR count). The number of benzene rings is 2. The van der Waals surface area contributed by atoms with Crippen LogP contribution in [0.15, 0.2) is 36.4 Å². The molecule has 0 bridgehead atoms. The van der Waals surface area contributed by atoms with Crippen molar-refractivity contribution in [3.8, 4) is 5.75 Å². The number of nitrogens with zero attached hydrogens (tertiary/aromatic N) is 2. The minimum absolute atomic E-state index is 0.165. The van der Waals surface area contributed by atoms with Crippen LogP contribution in [0, 0.1) is 0 Å². The van der Waals surface area contributed by atoms with Gasteiger partial charge in [0.2, 0.25) is 10.0 Å². The van der Waals surface area contributed by atoms with Crippen molar-refractivity contribution in [1.82, 2.24) is 4.98 Å². The van der Waals surface area contributed by atoms with Crippen LogP contribution >= 0.6 is 11.3 Å². The molecule has 3 aromatic rings. The number of rotatable bonds is 5. The van der Waals surface area contributed by atoms with Crippen molar-refractivity contribution in [2.45, 2.75) is 26.3 Å². The second-order valence-electron chi connectivity index (χ2n) is 6.99. The Morgan fingerprint density at radius 1 is 1.31 bits per heavy atom. The molecule has 1 N–H and O–H groups in total. The van der Waals surface area contributed by atoms with Crippen LogP contribution in [0.4, 0.5) is 10.8 Å². The van der Waals surface area contributed by atoms with E-state index in [4.69, 9.17) is 4.74 Å². The molecule has 0 saturated heterocycles. The summed E-state index contributed by atoms with van der Waals surface area (Å²) in [7, 11) is -3.36. The van der Waals surface area contributed by atoms with Crippen LogP contribution in [0.5, 0.6) is 5.75 Å². The molecule has 29 heavy (non-hydrogen) atoms. The zero-order chi connectivity index (χ0) is 20.8. The number of sulfonamides is 1. The Morgan fingerprint density at radius 2 is 2.10 bits per heavy atom. The third kappa shape index (κ3) is 3.79. The number of amides is 1. The first-order valence-corrected chi connectivity index (χ1v) is 11.9. The Bertz CT molecular complexity index is 1200. The molecule has 9 heteroatoms. The molecule has 152 valence electrons. The van der Waals surface area contributed by atoms with Crippen molar-refractivity contribution in [2.75, 3.05) is 22.5 Å². The van der Waals surface area contributed by atoms with Crippen LogP contribution in [0.1, 0.15) is 29.8 Å². The lowest BCUT2D eigenvalue weighted by molar-refractivity contribution is 0.102. The second kappa shape index (κ2) is 7.31. The molecule has 0 aliphatic carbocycles. The third-order valence-electron chi connectivity index (χ3n) is 4.74. The minimum Gasteiger partial charge on any atom is -0.494 e. The molecule has 1 amide bonds. The van der Waals surface area contributed by atoms with E-state index < -0.39 is 10.0 Å². The molecule has 0 radical (unpaired) electrons. The fourth-order valence-electron chi connectivity index (χ4n) is 3.63. The van der Waals surface area contributed by atoms with Crippen LogP contribution in [0.25, 0.3) is 10.2 Å². The Morgan fingerprint density at radius 3 is 2.83 bits per heavy atom. The Labute approximate surface area is 173 Å². The van der Waals surface area contributed by atoms with E-state index in [1.807, 2.05) is 32.0 Å². The summed E-state index contributed by atoms with van der Waals surface area (Å²) in [6, 6.07) is 10.6. The summed E-state index contributed by atoms with van der Waals surface area (Å²) in [5.74, 6) is 0.493. The lowest BCUT2D eigenvalue weighted by atomic mass is 10.1. The summed E-state index contributed by atoms with van der Waals surface area (Å²) >= 11 is 1.38. The highest BCUT2D eigenvalue weighted by molar-refractivity contribution is 7.92. The number of thiazole rings is 1. The van der Waals surface area contributed by atoms with Crippen molar-refractivity contribution < 1.29 is 17.9 Å². The first-order chi connectivity index (χ1) is 13.8. The predicted molar refractivity (Wildman–Crippen MR) is 116 cm³/mol. The molecule has 1 atom stereocenters. The standard InChI is InChI=1S/C20H21N3O4S2/c1-4-27-15-6-7-16-18(11-15)28-20(21-16)22-19(24)13-5-8-17-14(10-13)9-12(2)23(17)29(3,25)26/h5-8,10-12H,4,9H2,1-3H3,(H,21,22,24). The van der Waals surface area contributed by atoms with Gasteiger partial charge < -0.3 is 4.74 Å². The van der Waals surface area contributed by atoms with Crippen LogP contribution < -0.4 is 14.4 Å². The molecule has 2 aromatic carbocycles. The van der Waals surface area contributed by atoms with Crippen LogP contribution in [0.2, 0.25) is 0 Å². The summed E-state index contributed by atoms with van der Waals surface area (Å²) in [6.45, 7) is 4.37. The van der Waals surface area contributed by atoms with Gasteiger partial charge in [-0.3, -0.25) is 14.4 Å². The molecule has 2 heterocycles. The maximum atomic E-state index is 12.7. The summed E-state index contributed by atoms with van der Waals surface area (Å²) in [5.41, 5.74) is 2.75. The SMILES string of the molecule is CCOc1ccc2nc(NC(=O)c3ccc4c(c3)CC(C)N4S(C)(=O)=O)sc2c1. The molecular formula is C20H21N3O4S2. The van der Waals surface area contributed by atoms with E-state index in [0.717, 1.165) is 21.5 Å². The number of carbonyl (C=O) groups excluding carboxylic acids is 1. The second-order valence-corrected chi connectivity index (χ2v) is 9.88. The molecule has 7 nitrogen and oxygen atoms in total. The number of nitrogens with one attached hydrogen (secondary N) is 1. The Balaban J connectivity index is 1.57. The van der Waals surface area contributed by atoms with E-state index in [2.05, 4.69) is 10.3 Å². The lowest BCUT2D eigenvalue weighted by Gasteiger charge is -2.21. The molecule has 0 fully saturated rings. The van der Waals surface area contributed by atoms with Gasteiger partial charge in [0, 0.05) is 11.6 Å². The van der Waals surface area contributed by atoms with Gasteiger partial charge >= 0.3 is 0 Å². The quantitative estimate of drug-likeness (QED) is 0.666. The number of fused-ring (bicyclic) bond motifs is 2. The molecular weight excluding hydrogens is 410 g/mol. The number of anilines is 2. The van der Waals surface area contributed by atoms with E-state index in [1.165, 1.54) is 21.9 Å². The van der Waals surface area contributed by atoms with Gasteiger partial charge in [-0.2, -0.15) is 0 Å². The highest BCUT2D eigenvalue weighted by Crippen LogP contribution is 2.35. The van der Waals surface area contributed by atoms with Gasteiger partial charge in [-0.1, -0.05) is 11.3 Å². The zero-order valence-corrected chi connectivity index (χ0v) is 17.9. The van der Waals surface area contributed by atoms with E-state index in [1.54, 1.807) is 18.2 Å². The van der Waals surface area contributed by atoms with Gasteiger partial charge in [0.05, 0.1) is 28.8 Å². The summed E-state index contributed by atoms with van der Waals surface area (Å²) < 4.78 is 31.9. The summed E-state index contributed by atoms with van der Waals surface area (Å²) in [5, 5.41) is 3.34. The number of aromatic nitrogens is 1. The van der Waals surface area contributed by atoms with Crippen LogP contribution in [-0.2, 0) is 16.4 Å². The Hall–Kier alpha value is -2.65. The van der Waals surface area contributed by atoms with Crippen LogP contribution in [-0.4, -0.2) is 38.2 Å². The fourth-order valence-corrected chi connectivity index (χ4v) is 5.79. The summed E-state index contributed by atoms with van der Waals surface area (Å²) in [4.78, 5) is 17.2. The summed E-state index contributed by atoms with van der Waals surface area (Å²) in [6.07, 6.45) is 1.77. The largest absolute Gasteiger partial charge is 0.494 e. The molecule has 0 spiro atoms. The van der Waals surface area contributed by atoms with Gasteiger partial charge in [0.1, 0.15) is 5.75 Å². The first kappa shape index (κ1) is 19.7. The van der Waals surface area contributed by atoms with Gasteiger partial charge in [-0.15, -0.1) is 0 Å². The molecule has 1 aromatic heterocycles. The minimum atomic E-state index is -3.36. The van der Waals surface area contributed by atoms with Crippen molar-refractivity contribution in [3.63, 3.8) is 0 Å². The molecule has 1 aliphatic rings. The van der Waals surface area contributed by atoms with Gasteiger partial charge in [-0.05, 0) is 62.2 Å². The van der Waals surface area contributed by atoms with Crippen molar-refractivity contribution in [2.24, 2.45) is 0 Å². The van der Waals surface area contributed by atoms with Gasteiger partial charge in [0.15, 0.2) is 5.13 Å². The van der Waals surface area contributed by atoms with E-state index in [9.17, 15) is 13.2 Å². The van der Waals surface area contributed by atoms with Crippen LogP contribution in [0.3, 0.4) is 0 Å². The Kier molecular flexibility index (Phi) is 4.95. The lowest BCUT2D eigenvalue weighted by Crippen LogP contribution is -2.34. The predicted octanol–water partition coefficient (Wildman–Crippen LogP) is 3.66. The third-order valence-corrected chi connectivity index (χ3v) is 6.95. The maximum Gasteiger partial charge on any atom is 0.257 e. The van der Waals surface area contributed by atoms with Gasteiger partial charge in [0.25, 0.3) is 5.91 Å². The van der Waals surface area contributed by atoms with E-state index in [-0.39, 0.29) is 11.9 Å². The molecule has 0 saturated carbocycles. The average molecular weight is 432 g/mol. The highest BCUT2D eigenvalue weighted by Gasteiger charge is 2.32. The number of hydrogen-bond acceptors (Lipinski definition) is 6. The normalized spacial score (nSPS) is 16.1. The average Bonchev–Trinajstić information content (AvgIpc) is 3.19.